The van der Waals surface area contributed by atoms with Crippen LogP contribution >= 0.6 is 0 Å². The summed E-state index contributed by atoms with van der Waals surface area (Å²) in [5.74, 6) is 0.711. The second-order valence-electron chi connectivity index (χ2n) is 6.35. The zero-order chi connectivity index (χ0) is 19.2. The minimum absolute atomic E-state index is 0.0832. The lowest BCUT2D eigenvalue weighted by atomic mass is 10.1. The second-order valence-corrected chi connectivity index (χ2v) is 8.11. The molecule has 0 saturated carbocycles. The first-order chi connectivity index (χ1) is 12.3. The fourth-order valence-corrected chi connectivity index (χ4v) is 3.03. The third-order valence-corrected chi connectivity index (χ3v) is 5.42. The van der Waals surface area contributed by atoms with Gasteiger partial charge in [0, 0.05) is 12.1 Å². The molecule has 140 valence electrons. The molecule has 26 heavy (non-hydrogen) atoms. The first-order valence-corrected chi connectivity index (χ1v) is 9.87. The molecule has 2 rings (SSSR count). The Kier molecular flexibility index (Phi) is 6.76. The Morgan fingerprint density at radius 1 is 1.15 bits per heavy atom. The molecule has 0 saturated heterocycles. The molecule has 1 heterocycles. The van der Waals surface area contributed by atoms with E-state index in [4.69, 9.17) is 4.42 Å². The lowest BCUT2D eigenvalue weighted by Crippen LogP contribution is -2.34. The summed E-state index contributed by atoms with van der Waals surface area (Å²) in [6, 6.07) is 9.77. The fourth-order valence-electron chi connectivity index (χ4n) is 2.03. The van der Waals surface area contributed by atoms with Crippen LogP contribution in [0.4, 0.5) is 0 Å². The summed E-state index contributed by atoms with van der Waals surface area (Å²) in [4.78, 5) is 12.0. The van der Waals surface area contributed by atoms with Crippen molar-refractivity contribution < 1.29 is 17.6 Å². The van der Waals surface area contributed by atoms with Crippen LogP contribution in [0.5, 0.6) is 0 Å². The normalized spacial score (nSPS) is 13.2. The molecular weight excluding hydrogens is 352 g/mol. The van der Waals surface area contributed by atoms with E-state index >= 15 is 0 Å². The van der Waals surface area contributed by atoms with Gasteiger partial charge in [-0.25, -0.2) is 13.1 Å². The number of hydrogen-bond acceptors (Lipinski definition) is 4. The van der Waals surface area contributed by atoms with Crippen molar-refractivity contribution in [2.45, 2.75) is 38.3 Å². The monoisotopic (exact) mass is 376 g/mol. The molecule has 1 atom stereocenters. The van der Waals surface area contributed by atoms with Gasteiger partial charge in [0.25, 0.3) is 0 Å². The lowest BCUT2D eigenvalue weighted by molar-refractivity contribution is -0.117. The number of amides is 1. The predicted octanol–water partition coefficient (Wildman–Crippen LogP) is 2.93. The molecule has 2 aromatic rings. The van der Waals surface area contributed by atoms with Gasteiger partial charge in [0.2, 0.25) is 15.9 Å². The van der Waals surface area contributed by atoms with Crippen molar-refractivity contribution in [2.75, 3.05) is 0 Å². The van der Waals surface area contributed by atoms with Gasteiger partial charge in [0.05, 0.1) is 17.7 Å². The molecule has 0 aliphatic carbocycles. The van der Waals surface area contributed by atoms with Crippen LogP contribution in [0.3, 0.4) is 0 Å². The van der Waals surface area contributed by atoms with Crippen molar-refractivity contribution in [2.24, 2.45) is 5.92 Å². The molecule has 7 heteroatoms. The van der Waals surface area contributed by atoms with E-state index in [9.17, 15) is 13.2 Å². The molecule has 6 nitrogen and oxygen atoms in total. The van der Waals surface area contributed by atoms with E-state index in [1.54, 1.807) is 30.3 Å². The van der Waals surface area contributed by atoms with Gasteiger partial charge in [0.1, 0.15) is 5.76 Å². The maximum atomic E-state index is 12.3. The Morgan fingerprint density at radius 3 is 2.42 bits per heavy atom. The number of carbonyl (C=O) groups is 1. The largest absolute Gasteiger partial charge is 0.468 e. The topological polar surface area (TPSA) is 88.4 Å². The predicted molar refractivity (Wildman–Crippen MR) is 101 cm³/mol. The molecule has 1 amide bonds. The van der Waals surface area contributed by atoms with Gasteiger partial charge in [-0.05, 0) is 48.7 Å². The van der Waals surface area contributed by atoms with Gasteiger partial charge in [-0.1, -0.05) is 26.0 Å². The van der Waals surface area contributed by atoms with E-state index in [-0.39, 0.29) is 23.4 Å². The molecule has 0 aliphatic rings. The zero-order valence-corrected chi connectivity index (χ0v) is 15.9. The summed E-state index contributed by atoms with van der Waals surface area (Å²) in [6.45, 7) is 6.11. The van der Waals surface area contributed by atoms with Crippen LogP contribution < -0.4 is 10.0 Å². The molecular formula is C19H24N2O4S. The van der Waals surface area contributed by atoms with Crippen LogP contribution in [0.15, 0.2) is 58.1 Å². The van der Waals surface area contributed by atoms with Crippen molar-refractivity contribution in [1.82, 2.24) is 10.0 Å². The smallest absolute Gasteiger partial charge is 0.244 e. The average molecular weight is 376 g/mol. The minimum Gasteiger partial charge on any atom is -0.468 e. The van der Waals surface area contributed by atoms with Crippen LogP contribution in [0.1, 0.15) is 32.1 Å². The molecule has 0 spiro atoms. The number of hydrogen-bond donors (Lipinski definition) is 2. The molecule has 1 aromatic carbocycles. The zero-order valence-electron chi connectivity index (χ0n) is 15.1. The van der Waals surface area contributed by atoms with E-state index in [1.165, 1.54) is 24.5 Å². The molecule has 1 aromatic heterocycles. The highest BCUT2D eigenvalue weighted by molar-refractivity contribution is 7.89. The highest BCUT2D eigenvalue weighted by Gasteiger charge is 2.14. The fraction of sp³-hybridized carbons (Fsp3) is 0.316. The molecule has 1 unspecified atom stereocenters. The molecule has 2 N–H and O–H groups in total. The van der Waals surface area contributed by atoms with Crippen LogP contribution in [-0.2, 0) is 21.4 Å². The van der Waals surface area contributed by atoms with E-state index in [0.717, 1.165) is 5.56 Å². The van der Waals surface area contributed by atoms with Gasteiger partial charge in [-0.3, -0.25) is 4.79 Å². The third kappa shape index (κ3) is 5.86. The van der Waals surface area contributed by atoms with E-state index in [0.29, 0.717) is 11.7 Å². The van der Waals surface area contributed by atoms with Gasteiger partial charge in [0.15, 0.2) is 0 Å². The van der Waals surface area contributed by atoms with Crippen LogP contribution in [0, 0.1) is 5.92 Å². The summed E-state index contributed by atoms with van der Waals surface area (Å²) < 4.78 is 32.1. The summed E-state index contributed by atoms with van der Waals surface area (Å²) in [5, 5.41) is 2.87. The Hall–Kier alpha value is -2.38. The summed E-state index contributed by atoms with van der Waals surface area (Å²) in [5.41, 5.74) is 0.738. The minimum atomic E-state index is -3.62. The van der Waals surface area contributed by atoms with E-state index in [2.05, 4.69) is 10.0 Å². The Morgan fingerprint density at radius 2 is 1.85 bits per heavy atom. The number of nitrogens with one attached hydrogen (secondary N) is 2. The standard InChI is InChI=1S/C19H24N2O4S/c1-14(2)15(3)21-19(22)11-8-16-6-9-18(10-7-16)26(23,24)20-13-17-5-4-12-25-17/h4-12,14-15,20H,13H2,1-3H3,(H,21,22)/b11-8+. The van der Waals surface area contributed by atoms with Crippen LogP contribution in [0.2, 0.25) is 0 Å². The Bertz CT molecular complexity index is 838. The number of carbonyl (C=O) groups excluding carboxylic acids is 1. The van der Waals surface area contributed by atoms with E-state index in [1.807, 2.05) is 20.8 Å². The third-order valence-electron chi connectivity index (χ3n) is 4.00. The Labute approximate surface area is 154 Å². The molecule has 0 aliphatic heterocycles. The number of benzene rings is 1. The van der Waals surface area contributed by atoms with E-state index < -0.39 is 10.0 Å². The SMILES string of the molecule is CC(C)C(C)NC(=O)/C=C/c1ccc(S(=O)(=O)NCc2ccco2)cc1. The van der Waals surface area contributed by atoms with Gasteiger partial charge >= 0.3 is 0 Å². The first-order valence-electron chi connectivity index (χ1n) is 8.38. The highest BCUT2D eigenvalue weighted by Crippen LogP contribution is 2.12. The summed E-state index contributed by atoms with van der Waals surface area (Å²) >= 11 is 0. The molecule has 0 bridgehead atoms. The Balaban J connectivity index is 1.96. The van der Waals surface area contributed by atoms with Crippen molar-refractivity contribution in [3.05, 3.63) is 60.1 Å². The molecule has 0 radical (unpaired) electrons. The number of rotatable bonds is 8. The van der Waals surface area contributed by atoms with Crippen molar-refractivity contribution >= 4 is 22.0 Å². The van der Waals surface area contributed by atoms with Crippen LogP contribution in [0.25, 0.3) is 6.08 Å². The quantitative estimate of drug-likeness (QED) is 0.693. The van der Waals surface area contributed by atoms with Crippen molar-refractivity contribution in [1.29, 1.82) is 0 Å². The molecule has 0 fully saturated rings. The second kappa shape index (κ2) is 8.82. The number of sulfonamides is 1. The average Bonchev–Trinajstić information content (AvgIpc) is 3.12. The lowest BCUT2D eigenvalue weighted by Gasteiger charge is -2.15. The summed E-state index contributed by atoms with van der Waals surface area (Å²) in [7, 11) is -3.62. The number of furan rings is 1. The maximum absolute atomic E-state index is 12.3. The van der Waals surface area contributed by atoms with Crippen molar-refractivity contribution in [3.8, 4) is 0 Å². The maximum Gasteiger partial charge on any atom is 0.244 e. The van der Waals surface area contributed by atoms with Gasteiger partial charge in [-0.15, -0.1) is 0 Å². The van der Waals surface area contributed by atoms with Crippen molar-refractivity contribution in [3.63, 3.8) is 0 Å². The highest BCUT2D eigenvalue weighted by atomic mass is 32.2. The summed E-state index contributed by atoms with van der Waals surface area (Å²) in [6.07, 6.45) is 4.58. The first kappa shape index (κ1) is 19.9. The van der Waals surface area contributed by atoms with Gasteiger partial charge < -0.3 is 9.73 Å². The van der Waals surface area contributed by atoms with Gasteiger partial charge in [-0.2, -0.15) is 0 Å². The van der Waals surface area contributed by atoms with Crippen LogP contribution in [-0.4, -0.2) is 20.4 Å².